The highest BCUT2D eigenvalue weighted by Crippen LogP contribution is 2.15. The van der Waals surface area contributed by atoms with Gasteiger partial charge in [0, 0.05) is 24.3 Å². The molecule has 21 heavy (non-hydrogen) atoms. The molecule has 6 nitrogen and oxygen atoms in total. The van der Waals surface area contributed by atoms with Crippen molar-refractivity contribution in [2.45, 2.75) is 13.1 Å². The van der Waals surface area contributed by atoms with Crippen LogP contribution in [0.25, 0.3) is 10.9 Å². The molecule has 0 aliphatic carbocycles. The molecule has 0 radical (unpaired) electrons. The lowest BCUT2D eigenvalue weighted by atomic mass is 10.1. The van der Waals surface area contributed by atoms with Crippen LogP contribution in [0.3, 0.4) is 0 Å². The fourth-order valence-corrected chi connectivity index (χ4v) is 2.17. The van der Waals surface area contributed by atoms with E-state index < -0.39 is 0 Å². The third kappa shape index (κ3) is 3.00. The minimum Gasteiger partial charge on any atom is -0.382 e. The number of benzene rings is 1. The van der Waals surface area contributed by atoms with Crippen molar-refractivity contribution in [2.75, 3.05) is 5.73 Å². The van der Waals surface area contributed by atoms with Crippen molar-refractivity contribution < 1.29 is 4.79 Å². The molecule has 2 heterocycles. The molecule has 106 valence electrons. The molecule has 0 aliphatic heterocycles. The summed E-state index contributed by atoms with van der Waals surface area (Å²) in [4.78, 5) is 16.3. The first kappa shape index (κ1) is 13.1. The van der Waals surface area contributed by atoms with E-state index in [1.165, 1.54) is 4.68 Å². The second-order valence-electron chi connectivity index (χ2n) is 4.71. The Morgan fingerprint density at radius 1 is 1.24 bits per heavy atom. The Morgan fingerprint density at radius 2 is 2.10 bits per heavy atom. The van der Waals surface area contributed by atoms with E-state index in [9.17, 15) is 4.79 Å². The Bertz CT molecular complexity index is 775. The second kappa shape index (κ2) is 5.62. The highest BCUT2D eigenvalue weighted by molar-refractivity contribution is 5.82. The van der Waals surface area contributed by atoms with E-state index in [1.807, 2.05) is 30.3 Å². The number of nitrogens with zero attached hydrogens (tertiary/aromatic N) is 3. The molecule has 0 bridgehead atoms. The first-order valence-electron chi connectivity index (χ1n) is 6.60. The zero-order chi connectivity index (χ0) is 14.7. The summed E-state index contributed by atoms with van der Waals surface area (Å²) in [5.41, 5.74) is 7.40. The number of nitrogens with two attached hydrogens (primary N) is 1. The smallest absolute Gasteiger partial charge is 0.242 e. The molecule has 3 aromatic rings. The molecular weight excluding hydrogens is 266 g/mol. The van der Waals surface area contributed by atoms with Gasteiger partial charge in [-0.25, -0.2) is 0 Å². The number of amides is 1. The highest BCUT2D eigenvalue weighted by Gasteiger charge is 2.06. The molecular formula is C15H15N5O. The van der Waals surface area contributed by atoms with Crippen molar-refractivity contribution in [1.82, 2.24) is 20.1 Å². The third-order valence-corrected chi connectivity index (χ3v) is 3.16. The molecule has 2 aromatic heterocycles. The number of hydrogen-bond acceptors (Lipinski definition) is 4. The van der Waals surface area contributed by atoms with Crippen LogP contribution in [0.15, 0.2) is 48.8 Å². The van der Waals surface area contributed by atoms with Crippen molar-refractivity contribution in [2.24, 2.45) is 0 Å². The Labute approximate surface area is 121 Å². The van der Waals surface area contributed by atoms with E-state index in [0.29, 0.717) is 12.4 Å². The molecule has 0 saturated heterocycles. The van der Waals surface area contributed by atoms with Crippen LogP contribution < -0.4 is 11.1 Å². The van der Waals surface area contributed by atoms with Gasteiger partial charge in [0.15, 0.2) is 0 Å². The first-order valence-corrected chi connectivity index (χ1v) is 6.60. The van der Waals surface area contributed by atoms with E-state index in [-0.39, 0.29) is 12.5 Å². The van der Waals surface area contributed by atoms with Gasteiger partial charge in [-0.1, -0.05) is 24.3 Å². The van der Waals surface area contributed by atoms with Gasteiger partial charge in [-0.15, -0.1) is 0 Å². The number of nitrogens with one attached hydrogen (secondary N) is 1. The van der Waals surface area contributed by atoms with Crippen molar-refractivity contribution in [1.29, 1.82) is 0 Å². The Hall–Kier alpha value is -2.89. The van der Waals surface area contributed by atoms with Crippen molar-refractivity contribution in [3.63, 3.8) is 0 Å². The van der Waals surface area contributed by atoms with Gasteiger partial charge in [0.1, 0.15) is 12.4 Å². The molecule has 1 amide bonds. The lowest BCUT2D eigenvalue weighted by Crippen LogP contribution is -2.27. The predicted octanol–water partition coefficient (Wildman–Crippen LogP) is 1.33. The SMILES string of the molecule is Nc1ccn(CC(=O)NCc2cccc3cccnc23)n1. The van der Waals surface area contributed by atoms with E-state index >= 15 is 0 Å². The van der Waals surface area contributed by atoms with Crippen LogP contribution >= 0.6 is 0 Å². The summed E-state index contributed by atoms with van der Waals surface area (Å²) in [6.45, 7) is 0.583. The number of aromatic nitrogens is 3. The summed E-state index contributed by atoms with van der Waals surface area (Å²) in [7, 11) is 0. The molecule has 6 heteroatoms. The van der Waals surface area contributed by atoms with Gasteiger partial charge >= 0.3 is 0 Å². The molecule has 1 aromatic carbocycles. The third-order valence-electron chi connectivity index (χ3n) is 3.16. The van der Waals surface area contributed by atoms with Crippen LogP contribution in [-0.4, -0.2) is 20.7 Å². The van der Waals surface area contributed by atoms with Crippen molar-refractivity contribution in [3.05, 3.63) is 54.4 Å². The van der Waals surface area contributed by atoms with E-state index in [0.717, 1.165) is 16.5 Å². The number of fused-ring (bicyclic) bond motifs is 1. The number of pyridine rings is 1. The molecule has 3 N–H and O–H groups in total. The molecule has 0 aliphatic rings. The fourth-order valence-electron chi connectivity index (χ4n) is 2.17. The topological polar surface area (TPSA) is 85.8 Å². The largest absolute Gasteiger partial charge is 0.382 e. The first-order chi connectivity index (χ1) is 10.2. The minimum absolute atomic E-state index is 0.119. The maximum atomic E-state index is 11.9. The number of carbonyl (C=O) groups excluding carboxylic acids is 1. The summed E-state index contributed by atoms with van der Waals surface area (Å²) in [5, 5.41) is 7.90. The lowest BCUT2D eigenvalue weighted by molar-refractivity contribution is -0.122. The Kier molecular flexibility index (Phi) is 3.51. The van der Waals surface area contributed by atoms with Gasteiger partial charge in [-0.2, -0.15) is 5.10 Å². The lowest BCUT2D eigenvalue weighted by Gasteiger charge is -2.08. The van der Waals surface area contributed by atoms with E-state index in [4.69, 9.17) is 5.73 Å². The monoisotopic (exact) mass is 281 g/mol. The Morgan fingerprint density at radius 3 is 2.90 bits per heavy atom. The van der Waals surface area contributed by atoms with Crippen LogP contribution in [0.2, 0.25) is 0 Å². The molecule has 0 unspecified atom stereocenters. The van der Waals surface area contributed by atoms with Crippen LogP contribution in [0.5, 0.6) is 0 Å². The number of para-hydroxylation sites is 1. The maximum absolute atomic E-state index is 11.9. The van der Waals surface area contributed by atoms with Gasteiger partial charge in [-0.3, -0.25) is 14.5 Å². The zero-order valence-corrected chi connectivity index (χ0v) is 11.4. The molecule has 0 fully saturated rings. The summed E-state index contributed by atoms with van der Waals surface area (Å²) < 4.78 is 1.51. The van der Waals surface area contributed by atoms with E-state index in [1.54, 1.807) is 18.5 Å². The van der Waals surface area contributed by atoms with Crippen LogP contribution in [0.4, 0.5) is 5.82 Å². The van der Waals surface area contributed by atoms with Crippen LogP contribution in [0, 0.1) is 0 Å². The number of anilines is 1. The molecule has 0 saturated carbocycles. The minimum atomic E-state index is -0.119. The van der Waals surface area contributed by atoms with Gasteiger partial charge in [0.2, 0.25) is 5.91 Å². The second-order valence-corrected chi connectivity index (χ2v) is 4.71. The highest BCUT2D eigenvalue weighted by atomic mass is 16.2. The number of hydrogen-bond donors (Lipinski definition) is 2. The summed E-state index contributed by atoms with van der Waals surface area (Å²) in [5.74, 6) is 0.284. The number of nitrogen functional groups attached to an aromatic ring is 1. The fraction of sp³-hybridized carbons (Fsp3) is 0.133. The van der Waals surface area contributed by atoms with Gasteiger partial charge < -0.3 is 11.1 Å². The predicted molar refractivity (Wildman–Crippen MR) is 80.2 cm³/mol. The standard InChI is InChI=1S/C15H15N5O/c16-13-6-8-20(19-13)10-14(21)18-9-12-4-1-3-11-5-2-7-17-15(11)12/h1-8H,9-10H2,(H2,16,19)(H,18,21). The summed E-state index contributed by atoms with van der Waals surface area (Å²) in [6, 6.07) is 11.5. The average molecular weight is 281 g/mol. The molecule has 0 atom stereocenters. The summed E-state index contributed by atoms with van der Waals surface area (Å²) >= 11 is 0. The average Bonchev–Trinajstić information content (AvgIpc) is 2.90. The number of carbonyl (C=O) groups is 1. The van der Waals surface area contributed by atoms with Crippen LogP contribution in [-0.2, 0) is 17.9 Å². The van der Waals surface area contributed by atoms with Crippen molar-refractivity contribution >= 4 is 22.6 Å². The zero-order valence-electron chi connectivity index (χ0n) is 11.4. The van der Waals surface area contributed by atoms with Gasteiger partial charge in [0.05, 0.1) is 5.52 Å². The van der Waals surface area contributed by atoms with Gasteiger partial charge in [-0.05, 0) is 17.7 Å². The summed E-state index contributed by atoms with van der Waals surface area (Å²) in [6.07, 6.45) is 3.43. The quantitative estimate of drug-likeness (QED) is 0.755. The van der Waals surface area contributed by atoms with E-state index in [2.05, 4.69) is 15.4 Å². The molecule has 0 spiro atoms. The number of rotatable bonds is 4. The maximum Gasteiger partial charge on any atom is 0.242 e. The van der Waals surface area contributed by atoms with Crippen molar-refractivity contribution in [3.8, 4) is 0 Å². The van der Waals surface area contributed by atoms with Gasteiger partial charge in [0.25, 0.3) is 0 Å². The molecule has 3 rings (SSSR count). The van der Waals surface area contributed by atoms with Crippen LogP contribution in [0.1, 0.15) is 5.56 Å². The Balaban J connectivity index is 1.67. The normalized spacial score (nSPS) is 10.7.